The van der Waals surface area contributed by atoms with Gasteiger partial charge in [-0.15, -0.1) is 0 Å². The van der Waals surface area contributed by atoms with Crippen LogP contribution in [0.1, 0.15) is 120 Å². The number of nitrogen functional groups attached to an aromatic ring is 1. The number of amides is 3. The summed E-state index contributed by atoms with van der Waals surface area (Å²) in [6, 6.07) is 6.10. The second-order valence-electron chi connectivity index (χ2n) is 14.5. The van der Waals surface area contributed by atoms with Gasteiger partial charge in [-0.2, -0.15) is 0 Å². The quantitative estimate of drug-likeness (QED) is 0.0790. The molecule has 4 rings (SSSR count). The maximum Gasteiger partial charge on any atom is 0.243 e. The van der Waals surface area contributed by atoms with Crippen molar-refractivity contribution in [1.29, 1.82) is 5.41 Å². The van der Waals surface area contributed by atoms with E-state index in [9.17, 15) is 14.4 Å². The average Bonchev–Trinajstić information content (AvgIpc) is 3.10. The van der Waals surface area contributed by atoms with Crippen molar-refractivity contribution in [3.63, 3.8) is 0 Å². The summed E-state index contributed by atoms with van der Waals surface area (Å²) in [7, 11) is 0. The van der Waals surface area contributed by atoms with Gasteiger partial charge in [-0.1, -0.05) is 82.1 Å². The topological polar surface area (TPSA) is 202 Å². The number of carbonyl (C=O) groups excluding carboxylic acids is 3. The SMILES string of the molecule is N=C(N)c1ccc(CC(C(=O)NC(C(=O)N[C@@H](CCCN=C(N)N)C(=O)NCC2CCCCC2)C2CCCCC2)C2CCCCC2)cc1. The third kappa shape index (κ3) is 11.8. The van der Waals surface area contributed by atoms with E-state index in [1.54, 1.807) is 0 Å². The number of aliphatic imine (C=N–C) groups is 1. The van der Waals surface area contributed by atoms with E-state index in [4.69, 9.17) is 22.6 Å². The van der Waals surface area contributed by atoms with Gasteiger partial charge in [0.1, 0.15) is 17.9 Å². The molecule has 3 amide bonds. The van der Waals surface area contributed by atoms with Gasteiger partial charge >= 0.3 is 0 Å². The molecule has 3 aliphatic rings. The van der Waals surface area contributed by atoms with Crippen LogP contribution in [-0.4, -0.2) is 54.7 Å². The van der Waals surface area contributed by atoms with E-state index in [1.165, 1.54) is 25.7 Å². The first-order chi connectivity index (χ1) is 23.2. The zero-order valence-electron chi connectivity index (χ0n) is 28.8. The molecule has 266 valence electrons. The van der Waals surface area contributed by atoms with Gasteiger partial charge < -0.3 is 33.2 Å². The Hall–Kier alpha value is -3.63. The van der Waals surface area contributed by atoms with Crippen molar-refractivity contribution in [2.75, 3.05) is 13.1 Å². The standard InChI is InChI=1S/C37H60N8O3/c38-33(39)29-20-18-25(19-21-29)23-30(27-13-6-2-7-14-27)34(46)45-32(28-15-8-3-9-16-28)36(48)44-31(17-10-22-42-37(40)41)35(47)43-24-26-11-4-1-5-12-26/h18-21,26-28,30-32H,1-17,22-24H2,(H3,38,39)(H,43,47)(H,44,48)(H,45,46)(H4,40,41,42)/t30?,31-,32?/m0/s1. The molecule has 3 saturated carbocycles. The van der Waals surface area contributed by atoms with Crippen LogP contribution < -0.4 is 33.2 Å². The van der Waals surface area contributed by atoms with Gasteiger partial charge in [0, 0.05) is 24.6 Å². The zero-order chi connectivity index (χ0) is 34.3. The normalized spacial score (nSPS) is 19.8. The lowest BCUT2D eigenvalue weighted by Crippen LogP contribution is -2.57. The predicted octanol–water partition coefficient (Wildman–Crippen LogP) is 4.01. The lowest BCUT2D eigenvalue weighted by atomic mass is 9.76. The number of nitrogens with two attached hydrogens (primary N) is 3. The molecule has 0 aliphatic heterocycles. The van der Waals surface area contributed by atoms with E-state index >= 15 is 0 Å². The highest BCUT2D eigenvalue weighted by Gasteiger charge is 2.37. The molecule has 0 heterocycles. The van der Waals surface area contributed by atoms with Gasteiger partial charge in [0.05, 0.1) is 0 Å². The first kappa shape index (κ1) is 37.2. The van der Waals surface area contributed by atoms with Crippen LogP contribution in [0.3, 0.4) is 0 Å². The Labute approximate surface area is 286 Å². The maximum absolute atomic E-state index is 14.3. The average molecular weight is 665 g/mol. The van der Waals surface area contributed by atoms with Gasteiger partial charge in [0.25, 0.3) is 0 Å². The second kappa shape index (κ2) is 19.4. The van der Waals surface area contributed by atoms with Crippen LogP contribution in [0, 0.1) is 29.1 Å². The molecule has 10 N–H and O–H groups in total. The number of benzene rings is 1. The van der Waals surface area contributed by atoms with Crippen LogP contribution in [0.25, 0.3) is 0 Å². The smallest absolute Gasteiger partial charge is 0.243 e. The van der Waals surface area contributed by atoms with Gasteiger partial charge in [0.2, 0.25) is 17.7 Å². The number of guanidine groups is 1. The van der Waals surface area contributed by atoms with Crippen LogP contribution in [0.5, 0.6) is 0 Å². The maximum atomic E-state index is 14.3. The molecule has 1 aromatic rings. The van der Waals surface area contributed by atoms with Crippen molar-refractivity contribution in [3.05, 3.63) is 35.4 Å². The number of nitrogens with one attached hydrogen (secondary N) is 4. The van der Waals surface area contributed by atoms with E-state index in [1.807, 2.05) is 24.3 Å². The molecule has 11 nitrogen and oxygen atoms in total. The molecule has 48 heavy (non-hydrogen) atoms. The fourth-order valence-electron chi connectivity index (χ4n) is 8.00. The molecule has 1 aromatic carbocycles. The van der Waals surface area contributed by atoms with Gasteiger partial charge in [0.15, 0.2) is 5.96 Å². The molecular weight excluding hydrogens is 604 g/mol. The van der Waals surface area contributed by atoms with Gasteiger partial charge in [-0.25, -0.2) is 0 Å². The van der Waals surface area contributed by atoms with E-state index in [2.05, 4.69) is 20.9 Å². The minimum atomic E-state index is -0.743. The van der Waals surface area contributed by atoms with Crippen LogP contribution in [0.4, 0.5) is 0 Å². The zero-order valence-corrected chi connectivity index (χ0v) is 28.8. The number of rotatable bonds is 16. The molecule has 0 spiro atoms. The van der Waals surface area contributed by atoms with Crippen molar-refractivity contribution in [3.8, 4) is 0 Å². The Morgan fingerprint density at radius 3 is 1.92 bits per heavy atom. The molecule has 0 saturated heterocycles. The first-order valence-corrected chi connectivity index (χ1v) is 18.6. The number of hydrogen-bond acceptors (Lipinski definition) is 5. The summed E-state index contributed by atoms with van der Waals surface area (Å²) in [5, 5.41) is 17.2. The molecule has 0 radical (unpaired) electrons. The van der Waals surface area contributed by atoms with Crippen LogP contribution in [-0.2, 0) is 20.8 Å². The van der Waals surface area contributed by atoms with Crippen molar-refractivity contribution in [2.45, 2.75) is 128 Å². The molecule has 11 heteroatoms. The molecule has 3 atom stereocenters. The summed E-state index contributed by atoms with van der Waals surface area (Å²) >= 11 is 0. The van der Waals surface area contributed by atoms with Gasteiger partial charge in [-0.05, 0) is 81.1 Å². The summed E-state index contributed by atoms with van der Waals surface area (Å²) in [6.45, 7) is 0.974. The highest BCUT2D eigenvalue weighted by molar-refractivity contribution is 5.95. The fraction of sp³-hybridized carbons (Fsp3) is 0.703. The lowest BCUT2D eigenvalue weighted by molar-refractivity contribution is -0.135. The highest BCUT2D eigenvalue weighted by atomic mass is 16.2. The van der Waals surface area contributed by atoms with E-state index in [0.29, 0.717) is 43.8 Å². The Bertz CT molecular complexity index is 1210. The molecule has 2 unspecified atom stereocenters. The number of amidine groups is 1. The fourth-order valence-corrected chi connectivity index (χ4v) is 8.00. The second-order valence-corrected chi connectivity index (χ2v) is 14.5. The molecule has 0 aromatic heterocycles. The van der Waals surface area contributed by atoms with Crippen LogP contribution >= 0.6 is 0 Å². The Morgan fingerprint density at radius 2 is 1.33 bits per heavy atom. The Balaban J connectivity index is 1.50. The molecule has 0 bridgehead atoms. The van der Waals surface area contributed by atoms with Crippen molar-refractivity contribution in [2.24, 2.45) is 45.9 Å². The monoisotopic (exact) mass is 664 g/mol. The number of carbonyl (C=O) groups is 3. The Kier molecular flexibility index (Phi) is 15.0. The van der Waals surface area contributed by atoms with Gasteiger partial charge in [-0.3, -0.25) is 24.8 Å². The third-order valence-electron chi connectivity index (χ3n) is 10.8. The van der Waals surface area contributed by atoms with Crippen molar-refractivity contribution in [1.82, 2.24) is 16.0 Å². The summed E-state index contributed by atoms with van der Waals surface area (Å²) in [4.78, 5) is 46.1. The summed E-state index contributed by atoms with van der Waals surface area (Å²) in [5.74, 6) is -0.126. The minimum Gasteiger partial charge on any atom is -0.384 e. The Morgan fingerprint density at radius 1 is 0.750 bits per heavy atom. The first-order valence-electron chi connectivity index (χ1n) is 18.6. The van der Waals surface area contributed by atoms with Crippen LogP contribution in [0.2, 0.25) is 0 Å². The largest absolute Gasteiger partial charge is 0.384 e. The van der Waals surface area contributed by atoms with E-state index in [0.717, 1.165) is 76.2 Å². The van der Waals surface area contributed by atoms with E-state index in [-0.39, 0.29) is 47.3 Å². The van der Waals surface area contributed by atoms with Crippen molar-refractivity contribution >= 4 is 29.5 Å². The number of nitrogens with zero attached hydrogens (tertiary/aromatic N) is 1. The summed E-state index contributed by atoms with van der Waals surface area (Å²) in [6.07, 6.45) is 17.6. The molecule has 3 aliphatic carbocycles. The number of hydrogen-bond donors (Lipinski definition) is 7. The summed E-state index contributed by atoms with van der Waals surface area (Å²) < 4.78 is 0. The lowest BCUT2D eigenvalue weighted by Gasteiger charge is -2.35. The third-order valence-corrected chi connectivity index (χ3v) is 10.8. The van der Waals surface area contributed by atoms with E-state index < -0.39 is 12.1 Å². The molecule has 3 fully saturated rings. The highest BCUT2D eigenvalue weighted by Crippen LogP contribution is 2.33. The summed E-state index contributed by atoms with van der Waals surface area (Å²) in [5.41, 5.74) is 18.4. The predicted molar refractivity (Wildman–Crippen MR) is 191 cm³/mol. The van der Waals surface area contributed by atoms with Crippen LogP contribution in [0.15, 0.2) is 29.3 Å². The minimum absolute atomic E-state index is 0.000254. The molecular formula is C37H60N8O3. The van der Waals surface area contributed by atoms with Crippen molar-refractivity contribution < 1.29 is 14.4 Å².